The number of amides is 2. The van der Waals surface area contributed by atoms with Crippen LogP contribution in [-0.4, -0.2) is 66.9 Å². The van der Waals surface area contributed by atoms with E-state index in [1.165, 1.54) is 4.90 Å². The summed E-state index contributed by atoms with van der Waals surface area (Å²) in [6, 6.07) is 0. The molecule has 2 aliphatic rings. The van der Waals surface area contributed by atoms with Crippen molar-refractivity contribution < 1.29 is 9.59 Å². The molecule has 2 amide bonds. The summed E-state index contributed by atoms with van der Waals surface area (Å²) in [5.41, 5.74) is 0. The molecule has 3 heterocycles. The maximum atomic E-state index is 12.6. The number of thiazole rings is 1. The van der Waals surface area contributed by atoms with Crippen LogP contribution in [0.1, 0.15) is 6.42 Å². The van der Waals surface area contributed by atoms with Gasteiger partial charge >= 0.3 is 0 Å². The van der Waals surface area contributed by atoms with Crippen LogP contribution >= 0.6 is 11.3 Å². The molecule has 0 aliphatic carbocycles. The van der Waals surface area contributed by atoms with Crippen molar-refractivity contribution in [1.29, 1.82) is 0 Å². The average molecular weight is 308 g/mol. The van der Waals surface area contributed by atoms with E-state index in [9.17, 15) is 9.59 Å². The van der Waals surface area contributed by atoms with Gasteiger partial charge in [-0.15, -0.1) is 11.3 Å². The molecule has 1 aromatic rings. The highest BCUT2D eigenvalue weighted by atomic mass is 32.1. The molecular formula is C14H20N4O2S. The van der Waals surface area contributed by atoms with Crippen molar-refractivity contribution in [1.82, 2.24) is 14.8 Å². The van der Waals surface area contributed by atoms with E-state index in [0.717, 1.165) is 24.6 Å². The molecule has 2 fully saturated rings. The number of carbonyl (C=O) groups is 2. The molecule has 3 rings (SSSR count). The standard InChI is InChI=1S/C14H20N4O2S/c1-16(2)12(19)9-17-5-3-10-7-18(8-11(10)13(17)20)14-15-4-6-21-14/h4,6,10-11H,3,5,7-9H2,1-2H3/t10-,11-/m0/s1. The van der Waals surface area contributed by atoms with E-state index in [1.807, 2.05) is 5.38 Å². The first-order valence-electron chi connectivity index (χ1n) is 7.19. The van der Waals surface area contributed by atoms with E-state index in [4.69, 9.17) is 0 Å². The van der Waals surface area contributed by atoms with Gasteiger partial charge in [0.15, 0.2) is 5.13 Å². The molecule has 0 saturated carbocycles. The van der Waals surface area contributed by atoms with Crippen LogP contribution < -0.4 is 4.90 Å². The zero-order valence-electron chi connectivity index (χ0n) is 12.4. The molecule has 1 aromatic heterocycles. The van der Waals surface area contributed by atoms with Gasteiger partial charge in [-0.25, -0.2) is 4.98 Å². The molecule has 0 bridgehead atoms. The largest absolute Gasteiger partial charge is 0.347 e. The molecule has 7 heteroatoms. The molecule has 0 radical (unpaired) electrons. The zero-order chi connectivity index (χ0) is 15.0. The Morgan fingerprint density at radius 2 is 2.29 bits per heavy atom. The summed E-state index contributed by atoms with van der Waals surface area (Å²) in [6.07, 6.45) is 2.77. The predicted octanol–water partition coefficient (Wildman–Crippen LogP) is 0.516. The van der Waals surface area contributed by atoms with Crippen LogP contribution in [0.3, 0.4) is 0 Å². The molecule has 0 aromatic carbocycles. The number of likely N-dealkylation sites (N-methyl/N-ethyl adjacent to an activating group) is 1. The molecule has 2 atom stereocenters. The Balaban J connectivity index is 1.66. The maximum absolute atomic E-state index is 12.6. The lowest BCUT2D eigenvalue weighted by Crippen LogP contribution is -2.49. The van der Waals surface area contributed by atoms with Crippen molar-refractivity contribution in [3.63, 3.8) is 0 Å². The second-order valence-electron chi connectivity index (χ2n) is 5.92. The van der Waals surface area contributed by atoms with Crippen molar-refractivity contribution >= 4 is 28.3 Å². The summed E-state index contributed by atoms with van der Waals surface area (Å²) in [5, 5.41) is 2.95. The molecule has 21 heavy (non-hydrogen) atoms. The van der Waals surface area contributed by atoms with Crippen molar-refractivity contribution in [3.8, 4) is 0 Å². The van der Waals surface area contributed by atoms with Crippen molar-refractivity contribution in [3.05, 3.63) is 11.6 Å². The second kappa shape index (κ2) is 5.63. The van der Waals surface area contributed by atoms with Crippen LogP contribution in [0.2, 0.25) is 0 Å². The highest BCUT2D eigenvalue weighted by molar-refractivity contribution is 7.13. The minimum Gasteiger partial charge on any atom is -0.347 e. The van der Waals surface area contributed by atoms with Crippen LogP contribution in [0.15, 0.2) is 11.6 Å². The average Bonchev–Trinajstić information content (AvgIpc) is 3.09. The molecular weight excluding hydrogens is 288 g/mol. The summed E-state index contributed by atoms with van der Waals surface area (Å²) in [5.74, 6) is 0.516. The summed E-state index contributed by atoms with van der Waals surface area (Å²) in [7, 11) is 3.44. The Morgan fingerprint density at radius 1 is 1.48 bits per heavy atom. The molecule has 0 spiro atoms. The number of nitrogens with zero attached hydrogens (tertiary/aromatic N) is 4. The fourth-order valence-corrected chi connectivity index (χ4v) is 3.76. The summed E-state index contributed by atoms with van der Waals surface area (Å²) >= 11 is 1.61. The number of fused-ring (bicyclic) bond motifs is 1. The number of piperidine rings is 1. The third-order valence-electron chi connectivity index (χ3n) is 4.35. The van der Waals surface area contributed by atoms with Gasteiger partial charge in [0.05, 0.1) is 12.5 Å². The maximum Gasteiger partial charge on any atom is 0.241 e. The summed E-state index contributed by atoms with van der Waals surface area (Å²) in [4.78, 5) is 34.2. The van der Waals surface area contributed by atoms with Gasteiger partial charge in [0.2, 0.25) is 11.8 Å². The van der Waals surface area contributed by atoms with E-state index in [1.54, 1.807) is 36.5 Å². The Kier molecular flexibility index (Phi) is 3.84. The third kappa shape index (κ3) is 2.74. The van der Waals surface area contributed by atoms with Gasteiger partial charge in [-0.1, -0.05) is 0 Å². The zero-order valence-corrected chi connectivity index (χ0v) is 13.2. The molecule has 114 valence electrons. The number of rotatable bonds is 3. The van der Waals surface area contributed by atoms with Crippen molar-refractivity contribution in [2.24, 2.45) is 11.8 Å². The quantitative estimate of drug-likeness (QED) is 0.817. The first-order chi connectivity index (χ1) is 10.1. The van der Waals surface area contributed by atoms with Crippen LogP contribution in [0.25, 0.3) is 0 Å². The van der Waals surface area contributed by atoms with Gasteiger partial charge in [0.1, 0.15) is 0 Å². The molecule has 0 N–H and O–H groups in total. The van der Waals surface area contributed by atoms with E-state index in [2.05, 4.69) is 9.88 Å². The second-order valence-corrected chi connectivity index (χ2v) is 6.80. The smallest absolute Gasteiger partial charge is 0.241 e. The van der Waals surface area contributed by atoms with Gasteiger partial charge in [0.25, 0.3) is 0 Å². The van der Waals surface area contributed by atoms with E-state index in [-0.39, 0.29) is 24.3 Å². The Morgan fingerprint density at radius 3 is 2.95 bits per heavy atom. The third-order valence-corrected chi connectivity index (χ3v) is 5.19. The monoisotopic (exact) mass is 308 g/mol. The SMILES string of the molecule is CN(C)C(=O)CN1CC[C@H]2CN(c3nccs3)C[C@@H]2C1=O. The van der Waals surface area contributed by atoms with E-state index < -0.39 is 0 Å². The van der Waals surface area contributed by atoms with Crippen LogP contribution in [0, 0.1) is 11.8 Å². The summed E-state index contributed by atoms with van der Waals surface area (Å²) < 4.78 is 0. The minimum atomic E-state index is -0.0171. The van der Waals surface area contributed by atoms with Crippen LogP contribution in [-0.2, 0) is 9.59 Å². The fourth-order valence-electron chi connectivity index (χ4n) is 3.10. The van der Waals surface area contributed by atoms with Gasteiger partial charge in [-0.2, -0.15) is 0 Å². The molecule has 0 unspecified atom stereocenters. The highest BCUT2D eigenvalue weighted by Gasteiger charge is 2.43. The van der Waals surface area contributed by atoms with Crippen LogP contribution in [0.5, 0.6) is 0 Å². The number of hydrogen-bond acceptors (Lipinski definition) is 5. The predicted molar refractivity (Wildman–Crippen MR) is 81.2 cm³/mol. The molecule has 2 saturated heterocycles. The van der Waals surface area contributed by atoms with E-state index >= 15 is 0 Å². The van der Waals surface area contributed by atoms with Crippen LogP contribution in [0.4, 0.5) is 5.13 Å². The van der Waals surface area contributed by atoms with Gasteiger partial charge in [0, 0.05) is 45.3 Å². The van der Waals surface area contributed by atoms with Gasteiger partial charge in [-0.05, 0) is 12.3 Å². The normalized spacial score (nSPS) is 25.1. The molecule has 6 nitrogen and oxygen atoms in total. The number of anilines is 1. The number of carbonyl (C=O) groups excluding carboxylic acids is 2. The fraction of sp³-hybridized carbons (Fsp3) is 0.643. The number of aromatic nitrogens is 1. The lowest BCUT2D eigenvalue weighted by atomic mass is 9.88. The van der Waals surface area contributed by atoms with Gasteiger partial charge < -0.3 is 14.7 Å². The summed E-state index contributed by atoms with van der Waals surface area (Å²) in [6.45, 7) is 2.51. The van der Waals surface area contributed by atoms with Gasteiger partial charge in [-0.3, -0.25) is 9.59 Å². The Bertz CT molecular complexity index is 531. The lowest BCUT2D eigenvalue weighted by molar-refractivity contribution is -0.145. The lowest BCUT2D eigenvalue weighted by Gasteiger charge is -2.33. The highest BCUT2D eigenvalue weighted by Crippen LogP contribution is 2.35. The number of likely N-dealkylation sites (tertiary alicyclic amines) is 1. The van der Waals surface area contributed by atoms with Crippen molar-refractivity contribution in [2.75, 3.05) is 45.2 Å². The molecule has 2 aliphatic heterocycles. The van der Waals surface area contributed by atoms with Crippen molar-refractivity contribution in [2.45, 2.75) is 6.42 Å². The first kappa shape index (κ1) is 14.3. The Labute approximate surface area is 128 Å². The van der Waals surface area contributed by atoms with E-state index in [0.29, 0.717) is 12.5 Å². The number of hydrogen-bond donors (Lipinski definition) is 0. The topological polar surface area (TPSA) is 56.8 Å². The minimum absolute atomic E-state index is 0.0117. The Hall–Kier alpha value is -1.63. The first-order valence-corrected chi connectivity index (χ1v) is 8.07.